The molecule has 0 unspecified atom stereocenters. The molecular weight excluding hydrogens is 381 g/mol. The van der Waals surface area contributed by atoms with Crippen molar-refractivity contribution in [3.05, 3.63) is 29.8 Å². The topological polar surface area (TPSA) is 49.4 Å². The Morgan fingerprint density at radius 1 is 1.10 bits per heavy atom. The summed E-state index contributed by atoms with van der Waals surface area (Å²) >= 11 is 0. The van der Waals surface area contributed by atoms with Gasteiger partial charge in [-0.25, -0.2) is 0 Å². The van der Waals surface area contributed by atoms with Gasteiger partial charge in [-0.2, -0.15) is 13.2 Å². The lowest BCUT2D eigenvalue weighted by molar-refractivity contribution is -0.137. The average molecular weight is 410 g/mol. The van der Waals surface area contributed by atoms with E-state index in [-0.39, 0.29) is 41.9 Å². The van der Waals surface area contributed by atoms with E-state index in [1.165, 1.54) is 17.0 Å². The van der Waals surface area contributed by atoms with Crippen molar-refractivity contribution in [3.63, 3.8) is 0 Å². The third-order valence-corrected chi connectivity index (χ3v) is 6.28. The summed E-state index contributed by atoms with van der Waals surface area (Å²) in [5.41, 5.74) is -0.352. The number of hydrogen-bond acceptors (Lipinski definition) is 2. The minimum Gasteiger partial charge on any atom is -0.353 e. The van der Waals surface area contributed by atoms with Gasteiger partial charge in [-0.15, -0.1) is 0 Å². The number of amides is 2. The SMILES string of the molecule is CC(C)(C)C1CCC(NC(=O)[C@H]2CC(=O)N(c3cccc(C(F)(F)F)c3)C2)CC1. The van der Waals surface area contributed by atoms with Gasteiger partial charge in [-0.1, -0.05) is 26.8 Å². The van der Waals surface area contributed by atoms with Crippen LogP contribution >= 0.6 is 0 Å². The zero-order valence-electron chi connectivity index (χ0n) is 17.2. The van der Waals surface area contributed by atoms with Crippen molar-refractivity contribution in [2.45, 2.75) is 65.1 Å². The molecule has 1 saturated carbocycles. The van der Waals surface area contributed by atoms with E-state index in [4.69, 9.17) is 0 Å². The molecule has 1 atom stereocenters. The average Bonchev–Trinajstić information content (AvgIpc) is 3.03. The van der Waals surface area contributed by atoms with Gasteiger partial charge in [0.2, 0.25) is 11.8 Å². The van der Waals surface area contributed by atoms with Crippen LogP contribution in [0, 0.1) is 17.3 Å². The first-order valence-corrected chi connectivity index (χ1v) is 10.2. The molecule has 160 valence electrons. The molecule has 2 amide bonds. The highest BCUT2D eigenvalue weighted by atomic mass is 19.4. The molecule has 29 heavy (non-hydrogen) atoms. The fourth-order valence-corrected chi connectivity index (χ4v) is 4.41. The van der Waals surface area contributed by atoms with Gasteiger partial charge in [0.1, 0.15) is 0 Å². The summed E-state index contributed by atoms with van der Waals surface area (Å²) in [4.78, 5) is 26.3. The first-order chi connectivity index (χ1) is 13.4. The number of benzene rings is 1. The second-order valence-electron chi connectivity index (χ2n) is 9.38. The molecule has 4 nitrogen and oxygen atoms in total. The number of rotatable bonds is 3. The first kappa shape index (κ1) is 21.7. The summed E-state index contributed by atoms with van der Waals surface area (Å²) in [5, 5.41) is 3.06. The van der Waals surface area contributed by atoms with Gasteiger partial charge in [0.25, 0.3) is 0 Å². The highest BCUT2D eigenvalue weighted by Crippen LogP contribution is 2.38. The van der Waals surface area contributed by atoms with Gasteiger partial charge < -0.3 is 10.2 Å². The highest BCUT2D eigenvalue weighted by Gasteiger charge is 2.38. The Balaban J connectivity index is 1.59. The number of halogens is 3. The van der Waals surface area contributed by atoms with Gasteiger partial charge in [0.15, 0.2) is 0 Å². The van der Waals surface area contributed by atoms with Gasteiger partial charge in [-0.05, 0) is 55.2 Å². The molecule has 1 aliphatic heterocycles. The summed E-state index contributed by atoms with van der Waals surface area (Å²) in [5.74, 6) is -0.384. The van der Waals surface area contributed by atoms with E-state index in [0.29, 0.717) is 5.92 Å². The Hall–Kier alpha value is -2.05. The molecular formula is C22H29F3N2O2. The quantitative estimate of drug-likeness (QED) is 0.780. The third kappa shape index (κ3) is 5.11. The van der Waals surface area contributed by atoms with Gasteiger partial charge >= 0.3 is 6.18 Å². The molecule has 0 aromatic heterocycles. The standard InChI is InChI=1S/C22H29F3N2O2/c1-21(2,3)15-7-9-17(10-8-15)26-20(29)14-11-19(28)27(13-14)18-6-4-5-16(12-18)22(23,24)25/h4-6,12,14-15,17H,7-11,13H2,1-3H3,(H,26,29)/t14-,15?,17?/m0/s1. The van der Waals surface area contributed by atoms with E-state index < -0.39 is 17.7 Å². The van der Waals surface area contributed by atoms with Crippen molar-refractivity contribution < 1.29 is 22.8 Å². The van der Waals surface area contributed by atoms with E-state index in [0.717, 1.165) is 37.8 Å². The van der Waals surface area contributed by atoms with Crippen LogP contribution in [0.25, 0.3) is 0 Å². The fourth-order valence-electron chi connectivity index (χ4n) is 4.41. The second kappa shape index (κ2) is 8.00. The van der Waals surface area contributed by atoms with Crippen LogP contribution in [0.4, 0.5) is 18.9 Å². The van der Waals surface area contributed by atoms with Crippen LogP contribution in [0.1, 0.15) is 58.4 Å². The number of hydrogen-bond donors (Lipinski definition) is 1. The van der Waals surface area contributed by atoms with E-state index in [1.54, 1.807) is 0 Å². The Kier molecular flexibility index (Phi) is 5.97. The molecule has 7 heteroatoms. The van der Waals surface area contributed by atoms with Crippen LogP contribution in [-0.4, -0.2) is 24.4 Å². The van der Waals surface area contributed by atoms with E-state index in [9.17, 15) is 22.8 Å². The van der Waals surface area contributed by atoms with Crippen LogP contribution in [0.15, 0.2) is 24.3 Å². The zero-order chi connectivity index (χ0) is 21.4. The van der Waals surface area contributed by atoms with E-state index >= 15 is 0 Å². The normalized spacial score (nSPS) is 25.9. The third-order valence-electron chi connectivity index (χ3n) is 6.28. The predicted octanol–water partition coefficient (Wildman–Crippen LogP) is 4.78. The number of carbonyl (C=O) groups is 2. The molecule has 1 N–H and O–H groups in total. The van der Waals surface area contributed by atoms with Crippen molar-refractivity contribution in [1.82, 2.24) is 5.32 Å². The molecule has 2 fully saturated rings. The van der Waals surface area contributed by atoms with Crippen LogP contribution in [0.5, 0.6) is 0 Å². The summed E-state index contributed by atoms with van der Waals surface area (Å²) < 4.78 is 38.9. The van der Waals surface area contributed by atoms with Gasteiger partial charge in [0.05, 0.1) is 11.5 Å². The molecule has 1 aromatic carbocycles. The molecule has 1 aromatic rings. The minimum absolute atomic E-state index is 0.0272. The highest BCUT2D eigenvalue weighted by molar-refractivity contribution is 6.00. The summed E-state index contributed by atoms with van der Waals surface area (Å²) in [7, 11) is 0. The molecule has 0 bridgehead atoms. The maximum absolute atomic E-state index is 13.0. The molecule has 0 spiro atoms. The van der Waals surface area contributed by atoms with Crippen molar-refractivity contribution >= 4 is 17.5 Å². The zero-order valence-corrected chi connectivity index (χ0v) is 17.2. The number of anilines is 1. The van der Waals surface area contributed by atoms with Crippen LogP contribution in [0.3, 0.4) is 0 Å². The van der Waals surface area contributed by atoms with Gasteiger partial charge in [0, 0.05) is 24.7 Å². The molecule has 0 radical (unpaired) electrons. The molecule has 1 heterocycles. The smallest absolute Gasteiger partial charge is 0.353 e. The summed E-state index contributed by atoms with van der Waals surface area (Å²) in [6.45, 7) is 6.83. The van der Waals surface area contributed by atoms with E-state index in [2.05, 4.69) is 26.1 Å². The largest absolute Gasteiger partial charge is 0.416 e. The van der Waals surface area contributed by atoms with Gasteiger partial charge in [-0.3, -0.25) is 9.59 Å². The Labute approximate surface area is 169 Å². The van der Waals surface area contributed by atoms with Crippen molar-refractivity contribution in [2.75, 3.05) is 11.4 Å². The Morgan fingerprint density at radius 2 is 1.76 bits per heavy atom. The summed E-state index contributed by atoms with van der Waals surface area (Å²) in [6, 6.07) is 4.81. The Morgan fingerprint density at radius 3 is 2.34 bits per heavy atom. The second-order valence-corrected chi connectivity index (χ2v) is 9.38. The minimum atomic E-state index is -4.47. The Bertz CT molecular complexity index is 762. The van der Waals surface area contributed by atoms with Crippen LogP contribution in [-0.2, 0) is 15.8 Å². The van der Waals surface area contributed by atoms with Crippen molar-refractivity contribution in [3.8, 4) is 0 Å². The molecule has 1 aliphatic carbocycles. The monoisotopic (exact) mass is 410 g/mol. The molecule has 1 saturated heterocycles. The lowest BCUT2D eigenvalue weighted by Crippen LogP contribution is -2.42. The molecule has 2 aliphatic rings. The van der Waals surface area contributed by atoms with Crippen LogP contribution in [0.2, 0.25) is 0 Å². The molecule has 3 rings (SSSR count). The maximum Gasteiger partial charge on any atom is 0.416 e. The number of carbonyl (C=O) groups excluding carboxylic acids is 2. The maximum atomic E-state index is 13.0. The lowest BCUT2D eigenvalue weighted by Gasteiger charge is -2.37. The van der Waals surface area contributed by atoms with Crippen LogP contribution < -0.4 is 10.2 Å². The predicted molar refractivity (Wildman–Crippen MR) is 105 cm³/mol. The first-order valence-electron chi connectivity index (χ1n) is 10.2. The summed E-state index contributed by atoms with van der Waals surface area (Å²) in [6.07, 6.45) is -0.471. The lowest BCUT2D eigenvalue weighted by atomic mass is 9.71. The number of nitrogens with zero attached hydrogens (tertiary/aromatic N) is 1. The number of nitrogens with one attached hydrogen (secondary N) is 1. The van der Waals surface area contributed by atoms with Crippen molar-refractivity contribution in [2.24, 2.45) is 17.3 Å². The number of alkyl halides is 3. The van der Waals surface area contributed by atoms with E-state index in [1.807, 2.05) is 0 Å². The van der Waals surface area contributed by atoms with Crippen molar-refractivity contribution in [1.29, 1.82) is 0 Å². The fraction of sp³-hybridized carbons (Fsp3) is 0.636.